The van der Waals surface area contributed by atoms with E-state index in [1.165, 1.54) is 0 Å². The van der Waals surface area contributed by atoms with Crippen LogP contribution in [0.1, 0.15) is 32.1 Å². The van der Waals surface area contributed by atoms with E-state index in [4.69, 9.17) is 9.84 Å². The minimum Gasteiger partial charge on any atom is -0.481 e. The van der Waals surface area contributed by atoms with Crippen LogP contribution in [0.3, 0.4) is 0 Å². The van der Waals surface area contributed by atoms with E-state index in [1.54, 1.807) is 7.11 Å². The molecule has 0 bridgehead atoms. The van der Waals surface area contributed by atoms with E-state index in [0.29, 0.717) is 32.5 Å². The highest BCUT2D eigenvalue weighted by Gasteiger charge is 2.25. The first-order valence-electron chi connectivity index (χ1n) is 6.85. The Morgan fingerprint density at radius 3 is 2.53 bits per heavy atom. The molecule has 1 rings (SSSR count). The molecular weight excluding hydrogens is 248 g/mol. The molecule has 1 aliphatic carbocycles. The first-order valence-corrected chi connectivity index (χ1v) is 6.85. The molecule has 1 fully saturated rings. The van der Waals surface area contributed by atoms with E-state index < -0.39 is 5.97 Å². The lowest BCUT2D eigenvalue weighted by Gasteiger charge is -2.26. The maximum Gasteiger partial charge on any atom is 0.306 e. The van der Waals surface area contributed by atoms with Crippen molar-refractivity contribution in [3.05, 3.63) is 0 Å². The molecular formula is C13H24N2O4. The maximum absolute atomic E-state index is 11.5. The van der Waals surface area contributed by atoms with E-state index in [1.807, 2.05) is 0 Å². The van der Waals surface area contributed by atoms with Crippen LogP contribution >= 0.6 is 0 Å². The van der Waals surface area contributed by atoms with Crippen LogP contribution < -0.4 is 10.6 Å². The summed E-state index contributed by atoms with van der Waals surface area (Å²) in [6.07, 6.45) is 3.86. The summed E-state index contributed by atoms with van der Waals surface area (Å²) in [6.45, 7) is 1.57. The fourth-order valence-electron chi connectivity index (χ4n) is 2.29. The summed E-state index contributed by atoms with van der Waals surface area (Å²) in [6, 6.07) is 0.264. The monoisotopic (exact) mass is 272 g/mol. The number of aliphatic carboxylic acids is 1. The molecule has 0 saturated heterocycles. The Balaban J connectivity index is 2.06. The van der Waals surface area contributed by atoms with Crippen molar-refractivity contribution in [3.63, 3.8) is 0 Å². The number of carbonyl (C=O) groups excluding carboxylic acids is 1. The summed E-state index contributed by atoms with van der Waals surface area (Å²) >= 11 is 0. The molecule has 0 spiro atoms. The molecule has 0 aromatic heterocycles. The number of carboxylic acid groups (broad SMARTS) is 1. The van der Waals surface area contributed by atoms with Gasteiger partial charge in [0.15, 0.2) is 0 Å². The van der Waals surface area contributed by atoms with Gasteiger partial charge in [0.2, 0.25) is 5.91 Å². The maximum atomic E-state index is 11.5. The molecule has 6 nitrogen and oxygen atoms in total. The van der Waals surface area contributed by atoms with Crippen LogP contribution in [-0.4, -0.2) is 49.8 Å². The summed E-state index contributed by atoms with van der Waals surface area (Å²) in [5.41, 5.74) is 0. The number of carbonyl (C=O) groups is 2. The number of amides is 1. The second kappa shape index (κ2) is 8.87. The number of methoxy groups -OCH3 is 1. The summed E-state index contributed by atoms with van der Waals surface area (Å²) in [5, 5.41) is 14.9. The average Bonchev–Trinajstić information content (AvgIpc) is 2.42. The van der Waals surface area contributed by atoms with Gasteiger partial charge in [-0.2, -0.15) is 0 Å². The van der Waals surface area contributed by atoms with Crippen molar-refractivity contribution in [1.29, 1.82) is 0 Å². The quantitative estimate of drug-likeness (QED) is 0.556. The van der Waals surface area contributed by atoms with Gasteiger partial charge in [-0.25, -0.2) is 0 Å². The lowest BCUT2D eigenvalue weighted by Crippen LogP contribution is -2.41. The average molecular weight is 272 g/mol. The lowest BCUT2D eigenvalue weighted by molar-refractivity contribution is -0.143. The molecule has 1 amide bonds. The van der Waals surface area contributed by atoms with Gasteiger partial charge in [0.1, 0.15) is 0 Å². The number of rotatable bonds is 8. The van der Waals surface area contributed by atoms with Crippen molar-refractivity contribution in [2.24, 2.45) is 5.92 Å². The Kier molecular flexibility index (Phi) is 7.43. The molecule has 19 heavy (non-hydrogen) atoms. The van der Waals surface area contributed by atoms with E-state index >= 15 is 0 Å². The van der Waals surface area contributed by atoms with Crippen molar-refractivity contribution in [3.8, 4) is 0 Å². The fourth-order valence-corrected chi connectivity index (χ4v) is 2.29. The van der Waals surface area contributed by atoms with Gasteiger partial charge < -0.3 is 20.5 Å². The van der Waals surface area contributed by atoms with E-state index in [2.05, 4.69) is 10.6 Å². The molecule has 3 N–H and O–H groups in total. The van der Waals surface area contributed by atoms with Gasteiger partial charge in [0, 0.05) is 26.3 Å². The SMILES string of the molecule is COCCCNC(=O)CNC1CCC(C(=O)O)CC1. The zero-order chi connectivity index (χ0) is 14.1. The van der Waals surface area contributed by atoms with Gasteiger partial charge >= 0.3 is 5.97 Å². The highest BCUT2D eigenvalue weighted by molar-refractivity contribution is 5.78. The van der Waals surface area contributed by atoms with Gasteiger partial charge in [0.05, 0.1) is 12.5 Å². The van der Waals surface area contributed by atoms with Crippen LogP contribution in [0, 0.1) is 5.92 Å². The molecule has 6 heteroatoms. The van der Waals surface area contributed by atoms with Crippen molar-refractivity contribution < 1.29 is 19.4 Å². The number of ether oxygens (including phenoxy) is 1. The minimum atomic E-state index is -0.700. The van der Waals surface area contributed by atoms with Gasteiger partial charge in [-0.05, 0) is 32.1 Å². The van der Waals surface area contributed by atoms with Crippen molar-refractivity contribution in [2.75, 3.05) is 26.8 Å². The van der Waals surface area contributed by atoms with Crippen molar-refractivity contribution >= 4 is 11.9 Å². The minimum absolute atomic E-state index is 0.0172. The molecule has 0 aromatic rings. The van der Waals surface area contributed by atoms with Gasteiger partial charge in [-0.1, -0.05) is 0 Å². The zero-order valence-corrected chi connectivity index (χ0v) is 11.5. The predicted octanol–water partition coefficient (Wildman–Crippen LogP) is 0.372. The summed E-state index contributed by atoms with van der Waals surface area (Å²) < 4.78 is 4.89. The topological polar surface area (TPSA) is 87.7 Å². The molecule has 1 saturated carbocycles. The van der Waals surface area contributed by atoms with E-state index in [0.717, 1.165) is 19.3 Å². The first kappa shape index (κ1) is 15.9. The normalized spacial score (nSPS) is 23.0. The highest BCUT2D eigenvalue weighted by atomic mass is 16.5. The molecule has 0 unspecified atom stereocenters. The second-order valence-corrected chi connectivity index (χ2v) is 4.96. The molecule has 1 aliphatic rings. The second-order valence-electron chi connectivity index (χ2n) is 4.96. The van der Waals surface area contributed by atoms with E-state index in [9.17, 15) is 9.59 Å². The van der Waals surface area contributed by atoms with Crippen LogP contribution in [0.15, 0.2) is 0 Å². The van der Waals surface area contributed by atoms with Crippen LogP contribution in [-0.2, 0) is 14.3 Å². The number of carboxylic acids is 1. The molecule has 110 valence electrons. The Morgan fingerprint density at radius 1 is 1.26 bits per heavy atom. The molecule has 0 atom stereocenters. The number of hydrogen-bond donors (Lipinski definition) is 3. The van der Waals surface area contributed by atoms with E-state index in [-0.39, 0.29) is 17.9 Å². The lowest BCUT2D eigenvalue weighted by atomic mass is 9.86. The number of hydrogen-bond acceptors (Lipinski definition) is 4. The van der Waals surface area contributed by atoms with Gasteiger partial charge in [0.25, 0.3) is 0 Å². The highest BCUT2D eigenvalue weighted by Crippen LogP contribution is 2.24. The molecule has 0 aromatic carbocycles. The Hall–Kier alpha value is -1.14. The zero-order valence-electron chi connectivity index (χ0n) is 11.5. The van der Waals surface area contributed by atoms with Crippen LogP contribution in [0.5, 0.6) is 0 Å². The number of nitrogens with one attached hydrogen (secondary N) is 2. The van der Waals surface area contributed by atoms with Crippen molar-refractivity contribution in [2.45, 2.75) is 38.1 Å². The summed E-state index contributed by atoms with van der Waals surface area (Å²) in [4.78, 5) is 22.3. The first-order chi connectivity index (χ1) is 9.13. The molecule has 0 heterocycles. The predicted molar refractivity (Wildman–Crippen MR) is 70.9 cm³/mol. The summed E-state index contributed by atoms with van der Waals surface area (Å²) in [5.74, 6) is -0.924. The Morgan fingerprint density at radius 2 is 1.95 bits per heavy atom. The molecule has 0 radical (unpaired) electrons. The summed E-state index contributed by atoms with van der Waals surface area (Å²) in [7, 11) is 1.64. The van der Waals surface area contributed by atoms with Gasteiger partial charge in [-0.3, -0.25) is 9.59 Å². The Bertz CT molecular complexity index is 288. The fraction of sp³-hybridized carbons (Fsp3) is 0.846. The van der Waals surface area contributed by atoms with Crippen molar-refractivity contribution in [1.82, 2.24) is 10.6 Å². The largest absolute Gasteiger partial charge is 0.481 e. The Labute approximate surface area is 113 Å². The van der Waals surface area contributed by atoms with Crippen LogP contribution in [0.4, 0.5) is 0 Å². The van der Waals surface area contributed by atoms with Gasteiger partial charge in [-0.15, -0.1) is 0 Å². The molecule has 0 aliphatic heterocycles. The van der Waals surface area contributed by atoms with Crippen LogP contribution in [0.2, 0.25) is 0 Å². The third-order valence-electron chi connectivity index (χ3n) is 3.48. The van der Waals surface area contributed by atoms with Crippen LogP contribution in [0.25, 0.3) is 0 Å². The third kappa shape index (κ3) is 6.54. The third-order valence-corrected chi connectivity index (χ3v) is 3.48. The smallest absolute Gasteiger partial charge is 0.306 e. The standard InChI is InChI=1S/C13H24N2O4/c1-19-8-2-7-14-12(16)9-15-11-5-3-10(4-6-11)13(17)18/h10-11,15H,2-9H2,1H3,(H,14,16)(H,17,18).